The number of primary sulfonamides is 1. The smallest absolute Gasteiger partial charge is 0.321 e. The first-order valence-corrected chi connectivity index (χ1v) is 10.0. The Kier molecular flexibility index (Phi) is 5.31. The largest absolute Gasteiger partial charge is 0.334 e. The van der Waals surface area contributed by atoms with Crippen LogP contribution in [-0.4, -0.2) is 19.4 Å². The second kappa shape index (κ2) is 7.65. The summed E-state index contributed by atoms with van der Waals surface area (Å²) in [6.07, 6.45) is 0. The molecule has 0 saturated carbocycles. The van der Waals surface area contributed by atoms with E-state index < -0.39 is 16.1 Å². The van der Waals surface area contributed by atoms with Crippen LogP contribution >= 0.6 is 11.3 Å². The Morgan fingerprint density at radius 3 is 2.42 bits per heavy atom. The predicted octanol–water partition coefficient (Wildman–Crippen LogP) is 2.78. The molecule has 0 aliphatic carbocycles. The molecule has 0 fully saturated rings. The molecule has 3 aromatic rings. The lowest BCUT2D eigenvalue weighted by Gasteiger charge is -2.06. The standard InChI is InChI=1S/C17H16N4O3S2/c18-26(23,24)14-8-6-12(7-9-14)10-19-16(22)21-17-20-15(11-25-17)13-4-2-1-3-5-13/h1-9,11H,10H2,(H2,18,23,24)(H2,19,20,21,22). The third kappa shape index (κ3) is 4.66. The van der Waals surface area contributed by atoms with Crippen LogP contribution < -0.4 is 15.8 Å². The minimum atomic E-state index is -3.72. The fraction of sp³-hybridized carbons (Fsp3) is 0.0588. The van der Waals surface area contributed by atoms with Gasteiger partial charge in [-0.1, -0.05) is 42.5 Å². The van der Waals surface area contributed by atoms with Gasteiger partial charge in [0.25, 0.3) is 0 Å². The Labute approximate surface area is 154 Å². The maximum Gasteiger partial charge on any atom is 0.321 e. The molecule has 0 aliphatic heterocycles. The van der Waals surface area contributed by atoms with Gasteiger partial charge in [-0.3, -0.25) is 5.32 Å². The molecule has 7 nitrogen and oxygen atoms in total. The third-order valence-electron chi connectivity index (χ3n) is 3.50. The number of rotatable bonds is 5. The summed E-state index contributed by atoms with van der Waals surface area (Å²) < 4.78 is 22.4. The lowest BCUT2D eigenvalue weighted by molar-refractivity contribution is 0.251. The number of nitrogens with zero attached hydrogens (tertiary/aromatic N) is 1. The molecule has 134 valence electrons. The Morgan fingerprint density at radius 1 is 1.08 bits per heavy atom. The molecule has 9 heteroatoms. The van der Waals surface area contributed by atoms with Crippen molar-refractivity contribution in [2.45, 2.75) is 11.4 Å². The first kappa shape index (κ1) is 18.1. The normalized spacial score (nSPS) is 11.1. The average Bonchev–Trinajstić information content (AvgIpc) is 3.09. The second-order valence-corrected chi connectivity index (χ2v) is 7.82. The van der Waals surface area contributed by atoms with Crippen molar-refractivity contribution < 1.29 is 13.2 Å². The molecule has 1 heterocycles. The maximum absolute atomic E-state index is 12.0. The molecule has 0 aliphatic rings. The predicted molar refractivity (Wildman–Crippen MR) is 101 cm³/mol. The van der Waals surface area contributed by atoms with Crippen LogP contribution in [0.2, 0.25) is 0 Å². The molecular formula is C17H16N4O3S2. The van der Waals surface area contributed by atoms with Gasteiger partial charge in [-0.05, 0) is 17.7 Å². The van der Waals surface area contributed by atoms with Crippen LogP contribution in [0.25, 0.3) is 11.3 Å². The fourth-order valence-corrected chi connectivity index (χ4v) is 3.42. The van der Waals surface area contributed by atoms with Gasteiger partial charge in [0.05, 0.1) is 10.6 Å². The van der Waals surface area contributed by atoms with E-state index in [1.807, 2.05) is 35.7 Å². The molecule has 3 rings (SSSR count). The third-order valence-corrected chi connectivity index (χ3v) is 5.19. The zero-order valence-electron chi connectivity index (χ0n) is 13.5. The van der Waals surface area contributed by atoms with Crippen molar-refractivity contribution in [3.63, 3.8) is 0 Å². The van der Waals surface area contributed by atoms with Gasteiger partial charge in [0.15, 0.2) is 5.13 Å². The van der Waals surface area contributed by atoms with Crippen molar-refractivity contribution >= 4 is 32.5 Å². The Balaban J connectivity index is 1.55. The van der Waals surface area contributed by atoms with Gasteiger partial charge >= 0.3 is 6.03 Å². The topological polar surface area (TPSA) is 114 Å². The van der Waals surface area contributed by atoms with Gasteiger partial charge in [0.2, 0.25) is 10.0 Å². The number of anilines is 1. The number of amides is 2. The molecule has 0 atom stereocenters. The van der Waals surface area contributed by atoms with E-state index in [-0.39, 0.29) is 11.4 Å². The van der Waals surface area contributed by atoms with Crippen LogP contribution in [0.1, 0.15) is 5.56 Å². The van der Waals surface area contributed by atoms with E-state index in [0.717, 1.165) is 16.8 Å². The van der Waals surface area contributed by atoms with E-state index in [1.165, 1.54) is 23.5 Å². The van der Waals surface area contributed by atoms with E-state index in [1.54, 1.807) is 12.1 Å². The SMILES string of the molecule is NS(=O)(=O)c1ccc(CNC(=O)Nc2nc(-c3ccccc3)cs2)cc1. The Bertz CT molecular complexity index is 1000. The first-order valence-electron chi connectivity index (χ1n) is 7.59. The summed E-state index contributed by atoms with van der Waals surface area (Å²) in [5, 5.41) is 12.8. The molecule has 0 spiro atoms. The average molecular weight is 388 g/mol. The quantitative estimate of drug-likeness (QED) is 0.623. The molecule has 0 bridgehead atoms. The van der Waals surface area contributed by atoms with E-state index in [0.29, 0.717) is 5.13 Å². The molecule has 2 amide bonds. The molecule has 26 heavy (non-hydrogen) atoms. The van der Waals surface area contributed by atoms with Gasteiger partial charge in [-0.25, -0.2) is 23.3 Å². The zero-order chi connectivity index (χ0) is 18.6. The minimum absolute atomic E-state index is 0.0296. The van der Waals surface area contributed by atoms with Crippen molar-refractivity contribution in [2.24, 2.45) is 5.14 Å². The minimum Gasteiger partial charge on any atom is -0.334 e. The molecule has 0 unspecified atom stereocenters. The summed E-state index contributed by atoms with van der Waals surface area (Å²) in [5.74, 6) is 0. The first-order chi connectivity index (χ1) is 12.4. The van der Waals surface area contributed by atoms with Crippen molar-refractivity contribution in [3.05, 3.63) is 65.5 Å². The summed E-state index contributed by atoms with van der Waals surface area (Å²) in [7, 11) is -3.72. The van der Waals surface area contributed by atoms with Crippen molar-refractivity contribution in [1.29, 1.82) is 0 Å². The molecular weight excluding hydrogens is 372 g/mol. The lowest BCUT2D eigenvalue weighted by Crippen LogP contribution is -2.28. The molecule has 0 radical (unpaired) electrons. The number of carbonyl (C=O) groups is 1. The van der Waals surface area contributed by atoms with E-state index in [4.69, 9.17) is 5.14 Å². The number of hydrogen-bond acceptors (Lipinski definition) is 5. The zero-order valence-corrected chi connectivity index (χ0v) is 15.2. The van der Waals surface area contributed by atoms with E-state index in [2.05, 4.69) is 15.6 Å². The second-order valence-electron chi connectivity index (χ2n) is 5.40. The number of sulfonamides is 1. The fourth-order valence-electron chi connectivity index (χ4n) is 2.19. The maximum atomic E-state index is 12.0. The van der Waals surface area contributed by atoms with Crippen LogP contribution in [0, 0.1) is 0 Å². The highest BCUT2D eigenvalue weighted by Crippen LogP contribution is 2.24. The van der Waals surface area contributed by atoms with Crippen LogP contribution in [0.4, 0.5) is 9.93 Å². The van der Waals surface area contributed by atoms with Gasteiger partial charge < -0.3 is 5.32 Å². The number of nitrogens with one attached hydrogen (secondary N) is 2. The Morgan fingerprint density at radius 2 is 1.77 bits per heavy atom. The number of benzene rings is 2. The van der Waals surface area contributed by atoms with Gasteiger partial charge in [0, 0.05) is 17.5 Å². The molecule has 2 aromatic carbocycles. The van der Waals surface area contributed by atoms with Crippen LogP contribution in [0.15, 0.2) is 64.9 Å². The molecule has 4 N–H and O–H groups in total. The van der Waals surface area contributed by atoms with Gasteiger partial charge in [-0.15, -0.1) is 11.3 Å². The van der Waals surface area contributed by atoms with Crippen LogP contribution in [0.3, 0.4) is 0 Å². The summed E-state index contributed by atoms with van der Waals surface area (Å²) >= 11 is 1.34. The number of aromatic nitrogens is 1. The number of thiazole rings is 1. The van der Waals surface area contributed by atoms with Crippen LogP contribution in [-0.2, 0) is 16.6 Å². The Hall–Kier alpha value is -2.75. The molecule has 0 saturated heterocycles. The van der Waals surface area contributed by atoms with Crippen molar-refractivity contribution in [2.75, 3.05) is 5.32 Å². The van der Waals surface area contributed by atoms with Gasteiger partial charge in [0.1, 0.15) is 0 Å². The molecule has 1 aromatic heterocycles. The number of urea groups is 1. The van der Waals surface area contributed by atoms with E-state index in [9.17, 15) is 13.2 Å². The number of carbonyl (C=O) groups excluding carboxylic acids is 1. The van der Waals surface area contributed by atoms with Crippen molar-refractivity contribution in [3.8, 4) is 11.3 Å². The number of nitrogens with two attached hydrogens (primary N) is 1. The summed E-state index contributed by atoms with van der Waals surface area (Å²) in [4.78, 5) is 16.4. The lowest BCUT2D eigenvalue weighted by atomic mass is 10.2. The monoisotopic (exact) mass is 388 g/mol. The van der Waals surface area contributed by atoms with Crippen LogP contribution in [0.5, 0.6) is 0 Å². The highest BCUT2D eigenvalue weighted by atomic mass is 32.2. The van der Waals surface area contributed by atoms with E-state index >= 15 is 0 Å². The van der Waals surface area contributed by atoms with Crippen molar-refractivity contribution in [1.82, 2.24) is 10.3 Å². The summed E-state index contributed by atoms with van der Waals surface area (Å²) in [6, 6.07) is 15.3. The highest BCUT2D eigenvalue weighted by Gasteiger charge is 2.09. The number of hydrogen-bond donors (Lipinski definition) is 3. The summed E-state index contributed by atoms with van der Waals surface area (Å²) in [6.45, 7) is 0.244. The highest BCUT2D eigenvalue weighted by molar-refractivity contribution is 7.89. The van der Waals surface area contributed by atoms with Gasteiger partial charge in [-0.2, -0.15) is 0 Å². The summed E-state index contributed by atoms with van der Waals surface area (Å²) in [5.41, 5.74) is 2.52.